The predicted molar refractivity (Wildman–Crippen MR) is 41.9 cm³/mol. The quantitative estimate of drug-likeness (QED) is 0.536. The second-order valence-electron chi connectivity index (χ2n) is 3.30. The summed E-state index contributed by atoms with van der Waals surface area (Å²) in [5.41, 5.74) is 0.332. The van der Waals surface area contributed by atoms with Gasteiger partial charge in [0.2, 0.25) is 0 Å². The highest BCUT2D eigenvalue weighted by atomic mass is 79.9. The minimum Gasteiger partial charge on any atom is -0.381 e. The number of hydrogen-bond donors (Lipinski definition) is 0. The van der Waals surface area contributed by atoms with Crippen molar-refractivity contribution in [1.29, 1.82) is 0 Å². The van der Waals surface area contributed by atoms with Crippen molar-refractivity contribution in [3.8, 4) is 0 Å². The minimum atomic E-state index is 0.332. The molecule has 2 heteroatoms. The lowest BCUT2D eigenvalue weighted by Gasteiger charge is -2.34. The third-order valence-corrected chi connectivity index (χ3v) is 3.53. The molecule has 1 nitrogen and oxygen atoms in total. The Morgan fingerprint density at radius 2 is 2.22 bits per heavy atom. The maximum atomic E-state index is 5.33. The van der Waals surface area contributed by atoms with Crippen LogP contribution in [0.5, 0.6) is 0 Å². The zero-order valence-corrected chi connectivity index (χ0v) is 7.57. The van der Waals surface area contributed by atoms with Crippen LogP contribution in [0.4, 0.5) is 0 Å². The Morgan fingerprint density at radius 3 is 2.56 bits per heavy atom. The van der Waals surface area contributed by atoms with E-state index in [2.05, 4.69) is 29.8 Å². The van der Waals surface area contributed by atoms with Crippen LogP contribution in [0.3, 0.4) is 0 Å². The van der Waals surface area contributed by atoms with Gasteiger partial charge in [-0.3, -0.25) is 0 Å². The van der Waals surface area contributed by atoms with Crippen LogP contribution in [0, 0.1) is 5.41 Å². The normalized spacial score (nSPS) is 34.3. The van der Waals surface area contributed by atoms with E-state index in [9.17, 15) is 0 Å². The fourth-order valence-corrected chi connectivity index (χ4v) is 1.32. The minimum absolute atomic E-state index is 0.332. The average molecular weight is 193 g/mol. The Balaban J connectivity index is 2.49. The molecule has 0 N–H and O–H groups in total. The maximum absolute atomic E-state index is 5.33. The molecule has 1 rings (SSSR count). The van der Waals surface area contributed by atoms with Crippen LogP contribution in [-0.2, 0) is 4.74 Å². The second kappa shape index (κ2) is 2.59. The van der Waals surface area contributed by atoms with Crippen molar-refractivity contribution in [2.45, 2.75) is 25.1 Å². The summed E-state index contributed by atoms with van der Waals surface area (Å²) in [4.78, 5) is 0.638. The van der Waals surface area contributed by atoms with Gasteiger partial charge in [-0.05, 0) is 6.42 Å². The molecule has 1 fully saturated rings. The van der Waals surface area contributed by atoms with Gasteiger partial charge in [-0.25, -0.2) is 0 Å². The molecule has 0 saturated carbocycles. The van der Waals surface area contributed by atoms with Crippen molar-refractivity contribution in [3.63, 3.8) is 0 Å². The van der Waals surface area contributed by atoms with Crippen LogP contribution in [0.15, 0.2) is 0 Å². The van der Waals surface area contributed by atoms with Gasteiger partial charge in [0.25, 0.3) is 0 Å². The van der Waals surface area contributed by atoms with E-state index < -0.39 is 0 Å². The molecule has 0 aromatic rings. The molecule has 1 heterocycles. The fourth-order valence-electron chi connectivity index (χ4n) is 1.00. The van der Waals surface area contributed by atoms with Crippen LogP contribution in [0.2, 0.25) is 0 Å². The summed E-state index contributed by atoms with van der Waals surface area (Å²) in [6.07, 6.45) is 1.15. The molecule has 1 atom stereocenters. The van der Waals surface area contributed by atoms with Gasteiger partial charge >= 0.3 is 0 Å². The zero-order valence-electron chi connectivity index (χ0n) is 5.98. The highest BCUT2D eigenvalue weighted by Crippen LogP contribution is 2.32. The molecule has 0 aromatic heterocycles. The highest BCUT2D eigenvalue weighted by molar-refractivity contribution is 9.09. The Hall–Kier alpha value is 0.440. The van der Waals surface area contributed by atoms with Crippen LogP contribution >= 0.6 is 15.9 Å². The molecule has 1 saturated heterocycles. The van der Waals surface area contributed by atoms with E-state index in [0.717, 1.165) is 19.6 Å². The fraction of sp³-hybridized carbons (Fsp3) is 1.00. The Bertz CT molecular complexity index is 101. The maximum Gasteiger partial charge on any atom is 0.0527 e. The molecule has 0 spiro atoms. The average Bonchev–Trinajstić information content (AvgIpc) is 1.77. The first-order chi connectivity index (χ1) is 4.13. The topological polar surface area (TPSA) is 9.23 Å². The summed E-state index contributed by atoms with van der Waals surface area (Å²) in [6, 6.07) is 0. The molecule has 1 unspecified atom stereocenters. The molecule has 9 heavy (non-hydrogen) atoms. The second-order valence-corrected chi connectivity index (χ2v) is 4.40. The summed E-state index contributed by atoms with van der Waals surface area (Å²) < 4.78 is 5.33. The molecule has 0 aromatic carbocycles. The van der Waals surface area contributed by atoms with Crippen molar-refractivity contribution >= 4 is 15.9 Å². The first kappa shape index (κ1) is 7.55. The summed E-state index contributed by atoms with van der Waals surface area (Å²) in [6.45, 7) is 6.26. The van der Waals surface area contributed by atoms with E-state index in [1.165, 1.54) is 0 Å². The molecule has 1 aliphatic heterocycles. The number of hydrogen-bond acceptors (Lipinski definition) is 1. The molecule has 0 aliphatic carbocycles. The Kier molecular flexibility index (Phi) is 2.17. The number of alkyl halides is 1. The van der Waals surface area contributed by atoms with Gasteiger partial charge in [0, 0.05) is 16.8 Å². The third-order valence-electron chi connectivity index (χ3n) is 1.84. The van der Waals surface area contributed by atoms with Crippen molar-refractivity contribution < 1.29 is 4.74 Å². The predicted octanol–water partition coefficient (Wildman–Crippen LogP) is 2.20. The van der Waals surface area contributed by atoms with Gasteiger partial charge in [-0.1, -0.05) is 29.8 Å². The summed E-state index contributed by atoms with van der Waals surface area (Å²) in [7, 11) is 0. The Labute approximate surface area is 64.9 Å². The number of rotatable bonds is 0. The number of ether oxygens (including phenoxy) is 1. The van der Waals surface area contributed by atoms with Gasteiger partial charge in [0.05, 0.1) is 6.61 Å². The van der Waals surface area contributed by atoms with Crippen LogP contribution < -0.4 is 0 Å². The third kappa shape index (κ3) is 1.68. The van der Waals surface area contributed by atoms with Crippen LogP contribution in [0.1, 0.15) is 20.3 Å². The van der Waals surface area contributed by atoms with E-state index in [-0.39, 0.29) is 0 Å². The molecule has 0 amide bonds. The lowest BCUT2D eigenvalue weighted by molar-refractivity contribution is 0.0195. The van der Waals surface area contributed by atoms with Crippen molar-refractivity contribution in [2.24, 2.45) is 5.41 Å². The van der Waals surface area contributed by atoms with Gasteiger partial charge in [0.15, 0.2) is 0 Å². The SMILES string of the molecule is CC1(C)COCCC1Br. The molecular formula is C7H13BrO. The first-order valence-electron chi connectivity index (χ1n) is 3.35. The summed E-state index contributed by atoms with van der Waals surface area (Å²) >= 11 is 3.63. The standard InChI is InChI=1S/C7H13BrO/c1-7(2)5-9-4-3-6(7)8/h6H,3-5H2,1-2H3. The van der Waals surface area contributed by atoms with Gasteiger partial charge in [-0.2, -0.15) is 0 Å². The van der Waals surface area contributed by atoms with Crippen molar-refractivity contribution in [2.75, 3.05) is 13.2 Å². The van der Waals surface area contributed by atoms with E-state index in [0.29, 0.717) is 10.2 Å². The van der Waals surface area contributed by atoms with E-state index in [1.54, 1.807) is 0 Å². The van der Waals surface area contributed by atoms with Gasteiger partial charge in [0.1, 0.15) is 0 Å². The lowest BCUT2D eigenvalue weighted by Crippen LogP contribution is -2.35. The van der Waals surface area contributed by atoms with E-state index >= 15 is 0 Å². The first-order valence-corrected chi connectivity index (χ1v) is 4.26. The van der Waals surface area contributed by atoms with E-state index in [1.807, 2.05) is 0 Å². The monoisotopic (exact) mass is 192 g/mol. The van der Waals surface area contributed by atoms with Crippen molar-refractivity contribution in [3.05, 3.63) is 0 Å². The Morgan fingerprint density at radius 1 is 1.56 bits per heavy atom. The zero-order chi connectivity index (χ0) is 6.91. The smallest absolute Gasteiger partial charge is 0.0527 e. The largest absolute Gasteiger partial charge is 0.381 e. The summed E-state index contributed by atoms with van der Waals surface area (Å²) in [5, 5.41) is 0. The van der Waals surface area contributed by atoms with E-state index in [4.69, 9.17) is 4.74 Å². The van der Waals surface area contributed by atoms with Crippen molar-refractivity contribution in [1.82, 2.24) is 0 Å². The molecule has 54 valence electrons. The summed E-state index contributed by atoms with van der Waals surface area (Å²) in [5.74, 6) is 0. The number of halogens is 1. The van der Waals surface area contributed by atoms with Crippen LogP contribution in [0.25, 0.3) is 0 Å². The molecule has 0 radical (unpaired) electrons. The highest BCUT2D eigenvalue weighted by Gasteiger charge is 2.30. The lowest BCUT2D eigenvalue weighted by atomic mass is 9.87. The van der Waals surface area contributed by atoms with Crippen LogP contribution in [-0.4, -0.2) is 18.0 Å². The van der Waals surface area contributed by atoms with Gasteiger partial charge in [-0.15, -0.1) is 0 Å². The molecular weight excluding hydrogens is 180 g/mol. The molecule has 1 aliphatic rings. The van der Waals surface area contributed by atoms with Gasteiger partial charge < -0.3 is 4.74 Å². The molecule has 0 bridgehead atoms.